The molecule has 164 valence electrons. The maximum Gasteiger partial charge on any atom is 0.262 e. The maximum absolute atomic E-state index is 13.4. The number of halogens is 1. The number of hydrogen-bond donors (Lipinski definition) is 1. The van der Waals surface area contributed by atoms with E-state index in [1.165, 1.54) is 35.2 Å². The van der Waals surface area contributed by atoms with Gasteiger partial charge in [0.25, 0.3) is 5.56 Å². The van der Waals surface area contributed by atoms with E-state index in [1.54, 1.807) is 22.8 Å². The molecule has 7 nitrogen and oxygen atoms in total. The lowest BCUT2D eigenvalue weighted by Crippen LogP contribution is -2.29. The molecule has 2 aromatic heterocycles. The van der Waals surface area contributed by atoms with Crippen LogP contribution in [0.2, 0.25) is 0 Å². The minimum Gasteiger partial charge on any atom is -0.376 e. The Morgan fingerprint density at radius 2 is 2.12 bits per heavy atom. The number of fused-ring (bicyclic) bond motifs is 2. The van der Waals surface area contributed by atoms with E-state index in [1.807, 2.05) is 12.1 Å². The van der Waals surface area contributed by atoms with Gasteiger partial charge in [0.15, 0.2) is 10.3 Å². The second-order valence-electron chi connectivity index (χ2n) is 7.43. The molecule has 1 saturated heterocycles. The van der Waals surface area contributed by atoms with Gasteiger partial charge in [-0.15, -0.1) is 0 Å². The van der Waals surface area contributed by atoms with Crippen molar-refractivity contribution >= 4 is 55.3 Å². The molecule has 2 aromatic carbocycles. The number of thioether (sulfide) groups is 1. The minimum atomic E-state index is -0.346. The van der Waals surface area contributed by atoms with Crippen LogP contribution in [0.5, 0.6) is 0 Å². The van der Waals surface area contributed by atoms with Gasteiger partial charge in [0.2, 0.25) is 5.91 Å². The van der Waals surface area contributed by atoms with Crippen LogP contribution in [0.25, 0.3) is 21.1 Å². The first kappa shape index (κ1) is 21.0. The Balaban J connectivity index is 1.36. The van der Waals surface area contributed by atoms with Crippen molar-refractivity contribution in [2.75, 3.05) is 17.7 Å². The van der Waals surface area contributed by atoms with Crippen LogP contribution in [-0.2, 0) is 16.1 Å². The smallest absolute Gasteiger partial charge is 0.262 e. The van der Waals surface area contributed by atoms with Crippen molar-refractivity contribution in [1.82, 2.24) is 14.5 Å². The van der Waals surface area contributed by atoms with Gasteiger partial charge in [-0.05, 0) is 43.2 Å². The Hall–Kier alpha value is -2.82. The molecule has 0 spiro atoms. The lowest BCUT2D eigenvalue weighted by Gasteiger charge is -2.16. The van der Waals surface area contributed by atoms with Crippen LogP contribution in [0.4, 0.5) is 9.52 Å². The summed E-state index contributed by atoms with van der Waals surface area (Å²) < 4.78 is 21.4. The number of carbonyl (C=O) groups is 1. The van der Waals surface area contributed by atoms with Crippen LogP contribution in [-0.4, -0.2) is 38.9 Å². The lowest BCUT2D eigenvalue weighted by molar-refractivity contribution is -0.113. The topological polar surface area (TPSA) is 86.1 Å². The molecule has 0 unspecified atom stereocenters. The quantitative estimate of drug-likeness (QED) is 0.338. The Morgan fingerprint density at radius 3 is 2.97 bits per heavy atom. The van der Waals surface area contributed by atoms with Crippen LogP contribution in [0, 0.1) is 5.82 Å². The summed E-state index contributed by atoms with van der Waals surface area (Å²) in [6.45, 7) is 1.10. The van der Waals surface area contributed by atoms with E-state index in [-0.39, 0.29) is 29.1 Å². The van der Waals surface area contributed by atoms with Gasteiger partial charge in [0.05, 0.1) is 39.5 Å². The average molecular weight is 471 g/mol. The highest BCUT2D eigenvalue weighted by Gasteiger charge is 2.21. The predicted octanol–water partition coefficient (Wildman–Crippen LogP) is 4.06. The van der Waals surface area contributed by atoms with Gasteiger partial charge in [0, 0.05) is 6.61 Å². The molecular weight excluding hydrogens is 451 g/mol. The summed E-state index contributed by atoms with van der Waals surface area (Å²) in [5.74, 6) is -0.567. The van der Waals surface area contributed by atoms with E-state index < -0.39 is 0 Å². The fraction of sp³-hybridized carbons (Fsp3) is 0.273. The number of nitrogens with zero attached hydrogens (tertiary/aromatic N) is 3. The third-order valence-electron chi connectivity index (χ3n) is 5.17. The molecule has 10 heteroatoms. The van der Waals surface area contributed by atoms with E-state index in [0.717, 1.165) is 12.8 Å². The second-order valence-corrected chi connectivity index (χ2v) is 9.40. The van der Waals surface area contributed by atoms with Gasteiger partial charge in [-0.2, -0.15) is 0 Å². The molecule has 3 heterocycles. The summed E-state index contributed by atoms with van der Waals surface area (Å²) in [5.41, 5.74) is 1.08. The molecule has 0 saturated carbocycles. The van der Waals surface area contributed by atoms with Crippen molar-refractivity contribution in [2.45, 2.75) is 30.6 Å². The Labute approximate surface area is 190 Å². The molecule has 1 N–H and O–H groups in total. The van der Waals surface area contributed by atoms with Gasteiger partial charge in [-0.3, -0.25) is 14.2 Å². The fourth-order valence-electron chi connectivity index (χ4n) is 3.65. The molecular formula is C22H19FN4O3S2. The van der Waals surface area contributed by atoms with Crippen molar-refractivity contribution in [2.24, 2.45) is 0 Å². The number of benzene rings is 2. The monoisotopic (exact) mass is 470 g/mol. The van der Waals surface area contributed by atoms with E-state index in [0.29, 0.717) is 44.6 Å². The summed E-state index contributed by atoms with van der Waals surface area (Å²) >= 11 is 2.41. The Kier molecular flexibility index (Phi) is 5.90. The molecule has 0 bridgehead atoms. The molecule has 1 aliphatic heterocycles. The third kappa shape index (κ3) is 4.38. The summed E-state index contributed by atoms with van der Waals surface area (Å²) in [5, 5.41) is 4.17. The number of carbonyl (C=O) groups excluding carboxylic acids is 1. The number of hydrogen-bond acceptors (Lipinski definition) is 7. The highest BCUT2D eigenvalue weighted by Crippen LogP contribution is 2.27. The number of ether oxygens (including phenoxy) is 1. The molecule has 32 heavy (non-hydrogen) atoms. The van der Waals surface area contributed by atoms with Crippen LogP contribution in [0.3, 0.4) is 0 Å². The minimum absolute atomic E-state index is 0.0352. The van der Waals surface area contributed by atoms with Crippen LogP contribution >= 0.6 is 23.1 Å². The van der Waals surface area contributed by atoms with Crippen LogP contribution in [0.15, 0.2) is 52.4 Å². The van der Waals surface area contributed by atoms with Gasteiger partial charge in [0.1, 0.15) is 5.82 Å². The van der Waals surface area contributed by atoms with Crippen LogP contribution in [0.1, 0.15) is 12.8 Å². The number of rotatable bonds is 6. The number of amides is 1. The van der Waals surface area contributed by atoms with Crippen molar-refractivity contribution in [3.05, 3.63) is 58.6 Å². The molecule has 4 aromatic rings. The van der Waals surface area contributed by atoms with Gasteiger partial charge in [-0.25, -0.2) is 14.4 Å². The van der Waals surface area contributed by atoms with Crippen molar-refractivity contribution < 1.29 is 13.9 Å². The van der Waals surface area contributed by atoms with E-state index in [9.17, 15) is 14.0 Å². The summed E-state index contributed by atoms with van der Waals surface area (Å²) in [7, 11) is 0. The molecule has 1 fully saturated rings. The highest BCUT2D eigenvalue weighted by atomic mass is 32.2. The second kappa shape index (κ2) is 8.97. The lowest BCUT2D eigenvalue weighted by atomic mass is 10.2. The zero-order valence-corrected chi connectivity index (χ0v) is 18.5. The fourth-order valence-corrected chi connectivity index (χ4v) is 5.36. The van der Waals surface area contributed by atoms with Crippen LogP contribution < -0.4 is 10.9 Å². The molecule has 5 rings (SSSR count). The number of anilines is 1. The Morgan fingerprint density at radius 1 is 1.25 bits per heavy atom. The third-order valence-corrected chi connectivity index (χ3v) is 7.08. The summed E-state index contributed by atoms with van der Waals surface area (Å²) in [6.07, 6.45) is 1.83. The highest BCUT2D eigenvalue weighted by molar-refractivity contribution is 7.99. The predicted molar refractivity (Wildman–Crippen MR) is 124 cm³/mol. The number of para-hydroxylation sites is 1. The van der Waals surface area contributed by atoms with Crippen molar-refractivity contribution in [3.63, 3.8) is 0 Å². The molecule has 1 amide bonds. The zero-order valence-electron chi connectivity index (χ0n) is 16.9. The molecule has 0 radical (unpaired) electrons. The number of thiazole rings is 1. The first-order valence-corrected chi connectivity index (χ1v) is 12.0. The maximum atomic E-state index is 13.4. The SMILES string of the molecule is O=C(CSc1nc2ccccc2c(=O)n1C[C@H]1CCCO1)Nc1nc2ccc(F)cc2s1. The van der Waals surface area contributed by atoms with Gasteiger partial charge in [-0.1, -0.05) is 35.2 Å². The summed E-state index contributed by atoms with van der Waals surface area (Å²) in [6, 6.07) is 11.5. The molecule has 1 atom stereocenters. The van der Waals surface area contributed by atoms with Crippen molar-refractivity contribution in [3.8, 4) is 0 Å². The standard InChI is InChI=1S/C22H19FN4O3S2/c23-13-7-8-17-18(10-13)32-21(24-17)26-19(28)12-31-22-25-16-6-2-1-5-15(16)20(29)27(22)11-14-4-3-9-30-14/h1-2,5-8,10,14H,3-4,9,11-12H2,(H,24,26,28)/t14-/m1/s1. The zero-order chi connectivity index (χ0) is 22.1. The Bertz CT molecular complexity index is 1360. The van der Waals surface area contributed by atoms with Crippen molar-refractivity contribution in [1.29, 1.82) is 0 Å². The largest absolute Gasteiger partial charge is 0.376 e. The summed E-state index contributed by atoms with van der Waals surface area (Å²) in [4.78, 5) is 34.6. The molecule has 0 aliphatic carbocycles. The first-order valence-electron chi connectivity index (χ1n) is 10.2. The van der Waals surface area contributed by atoms with Gasteiger partial charge >= 0.3 is 0 Å². The van der Waals surface area contributed by atoms with E-state index in [4.69, 9.17) is 4.74 Å². The normalized spacial score (nSPS) is 16.1. The number of nitrogens with one attached hydrogen (secondary N) is 1. The van der Waals surface area contributed by atoms with E-state index >= 15 is 0 Å². The first-order chi connectivity index (χ1) is 15.6. The van der Waals surface area contributed by atoms with E-state index in [2.05, 4.69) is 15.3 Å². The number of aromatic nitrogens is 3. The average Bonchev–Trinajstić information content (AvgIpc) is 3.43. The van der Waals surface area contributed by atoms with Gasteiger partial charge < -0.3 is 10.1 Å². The molecule has 1 aliphatic rings.